The summed E-state index contributed by atoms with van der Waals surface area (Å²) >= 11 is 0. The topological polar surface area (TPSA) is 46.2 Å². The van der Waals surface area contributed by atoms with Crippen LogP contribution in [0.2, 0.25) is 0 Å². The molecule has 0 fully saturated rings. The van der Waals surface area contributed by atoms with Gasteiger partial charge in [0.1, 0.15) is 0 Å². The van der Waals surface area contributed by atoms with E-state index in [0.29, 0.717) is 5.56 Å². The molecule has 0 bridgehead atoms. The van der Waals surface area contributed by atoms with Crippen molar-refractivity contribution in [2.75, 3.05) is 0 Å². The molecule has 5 heteroatoms. The van der Waals surface area contributed by atoms with Gasteiger partial charge in [0.05, 0.1) is 0 Å². The van der Waals surface area contributed by atoms with Crippen molar-refractivity contribution in [1.82, 2.24) is 0 Å². The fraction of sp³-hybridized carbons (Fsp3) is 0.286. The Hall–Kier alpha value is -1.59. The van der Waals surface area contributed by atoms with E-state index in [1.165, 1.54) is 0 Å². The number of halogens is 3. The lowest BCUT2D eigenvalue weighted by Crippen LogP contribution is -2.46. The molecule has 2 aromatic carbocycles. The maximum Gasteiger partial charge on any atom is 0.415 e. The highest BCUT2D eigenvalue weighted by Gasteiger charge is 2.42. The molecule has 2 atom stereocenters. The Kier molecular flexibility index (Phi) is 3.78. The molecule has 0 radical (unpaired) electrons. The quantitative estimate of drug-likeness (QED) is 0.899. The van der Waals surface area contributed by atoms with Crippen molar-refractivity contribution in [3.8, 4) is 0 Å². The van der Waals surface area contributed by atoms with Crippen LogP contribution in [0.15, 0.2) is 42.5 Å². The van der Waals surface area contributed by atoms with Gasteiger partial charge < -0.3 is 10.8 Å². The van der Waals surface area contributed by atoms with E-state index in [2.05, 4.69) is 0 Å². The van der Waals surface area contributed by atoms with Crippen LogP contribution in [0.5, 0.6) is 0 Å². The summed E-state index contributed by atoms with van der Waals surface area (Å²) in [7, 11) is 0. The van der Waals surface area contributed by atoms with Crippen LogP contribution < -0.4 is 5.73 Å². The van der Waals surface area contributed by atoms with Gasteiger partial charge in [-0.2, -0.15) is 13.2 Å². The maximum absolute atomic E-state index is 12.3. The average molecular weight is 269 g/mol. The van der Waals surface area contributed by atoms with E-state index in [9.17, 15) is 13.2 Å². The van der Waals surface area contributed by atoms with Crippen molar-refractivity contribution in [3.05, 3.63) is 48.0 Å². The van der Waals surface area contributed by atoms with Crippen molar-refractivity contribution >= 4 is 10.8 Å². The SMILES string of the molecule is NC(Cc1ccc2ccccc2c1)C(O)C(F)(F)F. The number of fused-ring (bicyclic) bond motifs is 1. The zero-order valence-electron chi connectivity index (χ0n) is 10.1. The zero-order valence-corrected chi connectivity index (χ0v) is 10.1. The number of benzene rings is 2. The molecular weight excluding hydrogens is 255 g/mol. The molecule has 0 saturated heterocycles. The highest BCUT2D eigenvalue weighted by atomic mass is 19.4. The molecule has 0 saturated carbocycles. The lowest BCUT2D eigenvalue weighted by molar-refractivity contribution is -0.209. The molecule has 0 amide bonds. The summed E-state index contributed by atoms with van der Waals surface area (Å²) in [5, 5.41) is 11.0. The summed E-state index contributed by atoms with van der Waals surface area (Å²) in [4.78, 5) is 0. The van der Waals surface area contributed by atoms with Gasteiger partial charge in [0.2, 0.25) is 0 Å². The molecule has 0 heterocycles. The predicted octanol–water partition coefficient (Wildman–Crippen LogP) is 2.63. The standard InChI is InChI=1S/C14H14F3NO/c15-14(16,17)13(19)12(18)8-9-5-6-10-3-1-2-4-11(10)7-9/h1-7,12-13,19H,8,18H2. The molecule has 2 rings (SSSR count). The second kappa shape index (κ2) is 5.19. The van der Waals surface area contributed by atoms with Crippen molar-refractivity contribution in [1.29, 1.82) is 0 Å². The van der Waals surface area contributed by atoms with Crippen LogP contribution in [0.4, 0.5) is 13.2 Å². The minimum absolute atomic E-state index is 0.0223. The molecule has 3 N–H and O–H groups in total. The van der Waals surface area contributed by atoms with Gasteiger partial charge in [-0.15, -0.1) is 0 Å². The van der Waals surface area contributed by atoms with E-state index in [4.69, 9.17) is 10.8 Å². The summed E-state index contributed by atoms with van der Waals surface area (Å²) in [5.74, 6) is 0. The Morgan fingerprint density at radius 3 is 2.32 bits per heavy atom. The van der Waals surface area contributed by atoms with Gasteiger partial charge in [-0.05, 0) is 22.8 Å². The summed E-state index contributed by atoms with van der Waals surface area (Å²) in [6.07, 6.45) is -7.21. The first kappa shape index (κ1) is 13.8. The minimum atomic E-state index is -4.68. The number of aliphatic hydroxyl groups is 1. The summed E-state index contributed by atoms with van der Waals surface area (Å²) in [6, 6.07) is 11.5. The highest BCUT2D eigenvalue weighted by molar-refractivity contribution is 5.82. The van der Waals surface area contributed by atoms with Gasteiger partial charge in [0.15, 0.2) is 6.10 Å². The fourth-order valence-electron chi connectivity index (χ4n) is 1.99. The van der Waals surface area contributed by atoms with Gasteiger partial charge >= 0.3 is 6.18 Å². The fourth-order valence-corrected chi connectivity index (χ4v) is 1.99. The largest absolute Gasteiger partial charge is 0.415 e. The molecule has 0 aromatic heterocycles. The second-order valence-corrected chi connectivity index (χ2v) is 4.54. The number of aliphatic hydroxyl groups excluding tert-OH is 1. The number of alkyl halides is 3. The summed E-state index contributed by atoms with van der Waals surface area (Å²) < 4.78 is 37.0. The number of hydrogen-bond donors (Lipinski definition) is 2. The highest BCUT2D eigenvalue weighted by Crippen LogP contribution is 2.24. The first-order valence-electron chi connectivity index (χ1n) is 5.86. The van der Waals surface area contributed by atoms with Crippen molar-refractivity contribution in [3.63, 3.8) is 0 Å². The third-order valence-corrected chi connectivity index (χ3v) is 3.03. The first-order valence-corrected chi connectivity index (χ1v) is 5.86. The van der Waals surface area contributed by atoms with E-state index in [1.807, 2.05) is 30.3 Å². The average Bonchev–Trinajstić information content (AvgIpc) is 2.36. The van der Waals surface area contributed by atoms with Crippen LogP contribution in [0.25, 0.3) is 10.8 Å². The molecule has 0 aliphatic carbocycles. The van der Waals surface area contributed by atoms with E-state index in [1.54, 1.807) is 12.1 Å². The van der Waals surface area contributed by atoms with Crippen LogP contribution >= 0.6 is 0 Å². The van der Waals surface area contributed by atoms with Gasteiger partial charge in [0, 0.05) is 6.04 Å². The molecule has 0 aliphatic rings. The van der Waals surface area contributed by atoms with Gasteiger partial charge in [-0.25, -0.2) is 0 Å². The Labute approximate surface area is 108 Å². The van der Waals surface area contributed by atoms with Crippen molar-refractivity contribution < 1.29 is 18.3 Å². The third kappa shape index (κ3) is 3.24. The molecule has 0 spiro atoms. The van der Waals surface area contributed by atoms with Crippen LogP contribution in [0.3, 0.4) is 0 Å². The normalized spacial score (nSPS) is 15.4. The minimum Gasteiger partial charge on any atom is -0.382 e. The molecular formula is C14H14F3NO. The van der Waals surface area contributed by atoms with Crippen LogP contribution in [0.1, 0.15) is 5.56 Å². The second-order valence-electron chi connectivity index (χ2n) is 4.54. The van der Waals surface area contributed by atoms with E-state index in [0.717, 1.165) is 10.8 Å². The number of nitrogens with two attached hydrogens (primary N) is 1. The smallest absolute Gasteiger partial charge is 0.382 e. The molecule has 2 aromatic rings. The van der Waals surface area contributed by atoms with Crippen LogP contribution in [-0.2, 0) is 6.42 Å². The van der Waals surface area contributed by atoms with Gasteiger partial charge in [-0.3, -0.25) is 0 Å². The molecule has 19 heavy (non-hydrogen) atoms. The number of rotatable bonds is 3. The van der Waals surface area contributed by atoms with Gasteiger partial charge in [0.25, 0.3) is 0 Å². The lowest BCUT2D eigenvalue weighted by atomic mass is 9.99. The van der Waals surface area contributed by atoms with E-state index in [-0.39, 0.29) is 6.42 Å². The van der Waals surface area contributed by atoms with Crippen LogP contribution in [0, 0.1) is 0 Å². The number of hydrogen-bond acceptors (Lipinski definition) is 2. The molecule has 2 nitrogen and oxygen atoms in total. The maximum atomic E-state index is 12.3. The van der Waals surface area contributed by atoms with Gasteiger partial charge in [-0.1, -0.05) is 42.5 Å². The Balaban J connectivity index is 2.17. The first-order chi connectivity index (χ1) is 8.88. The Morgan fingerprint density at radius 2 is 1.68 bits per heavy atom. The monoisotopic (exact) mass is 269 g/mol. The Morgan fingerprint density at radius 1 is 1.05 bits per heavy atom. The third-order valence-electron chi connectivity index (χ3n) is 3.03. The van der Waals surface area contributed by atoms with Crippen molar-refractivity contribution in [2.45, 2.75) is 24.7 Å². The van der Waals surface area contributed by atoms with E-state index < -0.39 is 18.3 Å². The lowest BCUT2D eigenvalue weighted by Gasteiger charge is -2.21. The Bertz CT molecular complexity index is 568. The summed E-state index contributed by atoms with van der Waals surface area (Å²) in [5.41, 5.74) is 6.08. The molecule has 102 valence electrons. The van der Waals surface area contributed by atoms with Crippen LogP contribution in [-0.4, -0.2) is 23.4 Å². The predicted molar refractivity (Wildman–Crippen MR) is 67.7 cm³/mol. The molecule has 2 unspecified atom stereocenters. The van der Waals surface area contributed by atoms with Crippen molar-refractivity contribution in [2.24, 2.45) is 5.73 Å². The summed E-state index contributed by atoms with van der Waals surface area (Å²) in [6.45, 7) is 0. The molecule has 0 aliphatic heterocycles. The zero-order chi connectivity index (χ0) is 14.0. The van der Waals surface area contributed by atoms with E-state index >= 15 is 0 Å².